The molecule has 5 heteroatoms. The highest BCUT2D eigenvalue weighted by molar-refractivity contribution is 5.65. The number of unbranched alkanes of at least 4 members (excludes halogenated alkanes) is 4. The molecule has 0 aliphatic carbocycles. The Kier molecular flexibility index (Phi) is 9.29. The molecule has 3 nitrogen and oxygen atoms in total. The van der Waals surface area contributed by atoms with E-state index in [0.717, 1.165) is 37.9 Å². The largest absolute Gasteiger partial charge is 0.494 e. The Hall–Kier alpha value is -1.98. The monoisotopic (exact) mass is 432 g/mol. The number of hydrogen-bond acceptors (Lipinski definition) is 3. The molecule has 31 heavy (non-hydrogen) atoms. The van der Waals surface area contributed by atoms with Gasteiger partial charge < -0.3 is 14.2 Å². The minimum Gasteiger partial charge on any atom is -0.494 e. The molecule has 2 aromatic carbocycles. The van der Waals surface area contributed by atoms with Gasteiger partial charge in [0.25, 0.3) is 0 Å². The van der Waals surface area contributed by atoms with Gasteiger partial charge >= 0.3 is 0 Å². The first-order valence-corrected chi connectivity index (χ1v) is 11.6. The molecule has 1 aliphatic rings. The van der Waals surface area contributed by atoms with Gasteiger partial charge in [-0.3, -0.25) is 0 Å². The Labute approximate surface area is 184 Å². The number of halogens is 2. The first-order chi connectivity index (χ1) is 15.1. The van der Waals surface area contributed by atoms with Gasteiger partial charge in [-0.2, -0.15) is 0 Å². The highest BCUT2D eigenvalue weighted by Gasteiger charge is 2.27. The highest BCUT2D eigenvalue weighted by Crippen LogP contribution is 2.34. The maximum Gasteiger partial charge on any atom is 0.186 e. The van der Waals surface area contributed by atoms with Gasteiger partial charge in [-0.05, 0) is 30.5 Å². The molecular formula is C26H34F2O3. The fourth-order valence-corrected chi connectivity index (χ4v) is 3.81. The minimum atomic E-state index is -0.910. The molecule has 0 spiro atoms. The smallest absolute Gasteiger partial charge is 0.186 e. The maximum absolute atomic E-state index is 14.9. The van der Waals surface area contributed by atoms with E-state index in [-0.39, 0.29) is 11.1 Å². The molecule has 0 aromatic heterocycles. The Morgan fingerprint density at radius 1 is 0.839 bits per heavy atom. The second-order valence-electron chi connectivity index (χ2n) is 8.27. The molecule has 1 fully saturated rings. The Morgan fingerprint density at radius 3 is 2.19 bits per heavy atom. The fraction of sp³-hybridized carbons (Fsp3) is 0.538. The third-order valence-corrected chi connectivity index (χ3v) is 5.73. The molecule has 170 valence electrons. The van der Waals surface area contributed by atoms with Crippen molar-refractivity contribution >= 4 is 0 Å². The first-order valence-electron chi connectivity index (χ1n) is 11.6. The lowest BCUT2D eigenvalue weighted by molar-refractivity contribution is -0.207. The third-order valence-electron chi connectivity index (χ3n) is 5.73. The van der Waals surface area contributed by atoms with Crippen LogP contribution in [0.1, 0.15) is 70.6 Å². The molecule has 0 atom stereocenters. The zero-order chi connectivity index (χ0) is 22.1. The van der Waals surface area contributed by atoms with E-state index in [1.165, 1.54) is 12.8 Å². The summed E-state index contributed by atoms with van der Waals surface area (Å²) in [5, 5.41) is 0. The number of hydrogen-bond donors (Lipinski definition) is 0. The summed E-state index contributed by atoms with van der Waals surface area (Å²) < 4.78 is 46.8. The molecule has 1 aliphatic heterocycles. The maximum atomic E-state index is 14.9. The number of rotatable bonds is 11. The van der Waals surface area contributed by atoms with Crippen LogP contribution in [0, 0.1) is 17.6 Å². The predicted octanol–water partition coefficient (Wildman–Crippen LogP) is 7.44. The van der Waals surface area contributed by atoms with E-state index >= 15 is 0 Å². The molecule has 0 radical (unpaired) electrons. The zero-order valence-electron chi connectivity index (χ0n) is 18.7. The molecule has 0 saturated carbocycles. The number of ether oxygens (including phenoxy) is 3. The second-order valence-corrected chi connectivity index (χ2v) is 8.27. The van der Waals surface area contributed by atoms with E-state index < -0.39 is 17.9 Å². The van der Waals surface area contributed by atoms with Crippen molar-refractivity contribution in [2.45, 2.75) is 65.1 Å². The van der Waals surface area contributed by atoms with Gasteiger partial charge in [-0.1, -0.05) is 70.2 Å². The van der Waals surface area contributed by atoms with Crippen LogP contribution in [0.15, 0.2) is 36.4 Å². The fourth-order valence-electron chi connectivity index (χ4n) is 3.81. The summed E-state index contributed by atoms with van der Waals surface area (Å²) in [5.74, 6) is -0.745. The van der Waals surface area contributed by atoms with Crippen LogP contribution in [-0.4, -0.2) is 19.8 Å². The molecule has 3 rings (SSSR count). The van der Waals surface area contributed by atoms with Crippen molar-refractivity contribution in [1.82, 2.24) is 0 Å². The summed E-state index contributed by atoms with van der Waals surface area (Å²) in [6.45, 7) is 5.99. The van der Waals surface area contributed by atoms with Crippen molar-refractivity contribution in [2.75, 3.05) is 19.8 Å². The van der Waals surface area contributed by atoms with Crippen LogP contribution in [0.4, 0.5) is 8.78 Å². The SMILES string of the molecule is CCCCCOc1ccc(-c2ccc(C3OCC(CCCCC)CO3)c(F)c2F)cc1. The second kappa shape index (κ2) is 12.2. The van der Waals surface area contributed by atoms with Gasteiger partial charge in [0, 0.05) is 17.0 Å². The van der Waals surface area contributed by atoms with Gasteiger partial charge in [-0.15, -0.1) is 0 Å². The summed E-state index contributed by atoms with van der Waals surface area (Å²) in [4.78, 5) is 0. The quantitative estimate of drug-likeness (QED) is 0.345. The summed E-state index contributed by atoms with van der Waals surface area (Å²) in [7, 11) is 0. The van der Waals surface area contributed by atoms with Crippen molar-refractivity contribution < 1.29 is 23.0 Å². The lowest BCUT2D eigenvalue weighted by Gasteiger charge is -2.30. The van der Waals surface area contributed by atoms with E-state index in [9.17, 15) is 8.78 Å². The van der Waals surface area contributed by atoms with Gasteiger partial charge in [0.1, 0.15) is 5.75 Å². The van der Waals surface area contributed by atoms with Crippen molar-refractivity contribution in [2.24, 2.45) is 5.92 Å². The van der Waals surface area contributed by atoms with Crippen LogP contribution in [0.25, 0.3) is 11.1 Å². The average molecular weight is 433 g/mol. The van der Waals surface area contributed by atoms with Crippen LogP contribution in [0.2, 0.25) is 0 Å². The van der Waals surface area contributed by atoms with E-state index in [4.69, 9.17) is 14.2 Å². The lowest BCUT2D eigenvalue weighted by Crippen LogP contribution is -2.27. The summed E-state index contributed by atoms with van der Waals surface area (Å²) in [6, 6.07) is 10.2. The molecule has 0 N–H and O–H groups in total. The molecule has 0 unspecified atom stereocenters. The third kappa shape index (κ3) is 6.50. The van der Waals surface area contributed by atoms with Crippen LogP contribution in [-0.2, 0) is 9.47 Å². The highest BCUT2D eigenvalue weighted by atomic mass is 19.2. The Morgan fingerprint density at radius 2 is 1.52 bits per heavy atom. The summed E-state index contributed by atoms with van der Waals surface area (Å²) >= 11 is 0. The molecule has 1 heterocycles. The van der Waals surface area contributed by atoms with E-state index in [1.807, 2.05) is 0 Å². The van der Waals surface area contributed by atoms with Crippen molar-refractivity contribution in [3.05, 3.63) is 53.6 Å². The Bertz CT molecular complexity index is 799. The van der Waals surface area contributed by atoms with Gasteiger partial charge in [0.15, 0.2) is 17.9 Å². The van der Waals surface area contributed by atoms with Gasteiger partial charge in [0.05, 0.1) is 19.8 Å². The van der Waals surface area contributed by atoms with Crippen molar-refractivity contribution in [3.8, 4) is 16.9 Å². The average Bonchev–Trinajstić information content (AvgIpc) is 2.80. The summed E-state index contributed by atoms with van der Waals surface area (Å²) in [5.41, 5.74) is 0.932. The first kappa shape index (κ1) is 23.7. The van der Waals surface area contributed by atoms with E-state index in [0.29, 0.717) is 31.3 Å². The van der Waals surface area contributed by atoms with Crippen LogP contribution in [0.5, 0.6) is 5.75 Å². The molecular weight excluding hydrogens is 398 g/mol. The normalized spacial score (nSPS) is 18.8. The molecule has 0 bridgehead atoms. The molecule has 2 aromatic rings. The van der Waals surface area contributed by atoms with E-state index in [1.54, 1.807) is 36.4 Å². The topological polar surface area (TPSA) is 27.7 Å². The van der Waals surface area contributed by atoms with E-state index in [2.05, 4.69) is 13.8 Å². The molecule has 1 saturated heterocycles. The predicted molar refractivity (Wildman–Crippen MR) is 119 cm³/mol. The summed E-state index contributed by atoms with van der Waals surface area (Å²) in [6.07, 6.45) is 6.95. The minimum absolute atomic E-state index is 0.115. The lowest BCUT2D eigenvalue weighted by atomic mass is 10.0. The van der Waals surface area contributed by atoms with Crippen molar-refractivity contribution in [1.29, 1.82) is 0 Å². The van der Waals surface area contributed by atoms with Crippen LogP contribution >= 0.6 is 0 Å². The van der Waals surface area contributed by atoms with Crippen LogP contribution in [0.3, 0.4) is 0 Å². The van der Waals surface area contributed by atoms with Gasteiger partial charge in [0.2, 0.25) is 0 Å². The van der Waals surface area contributed by atoms with Crippen LogP contribution < -0.4 is 4.74 Å². The molecule has 0 amide bonds. The van der Waals surface area contributed by atoms with Gasteiger partial charge in [-0.25, -0.2) is 8.78 Å². The zero-order valence-corrected chi connectivity index (χ0v) is 18.7. The standard InChI is InChI=1S/C26H34F2O3/c1-3-5-7-9-19-17-30-26(31-18-19)23-15-14-22(24(27)25(23)28)20-10-12-21(13-11-20)29-16-8-6-4-2/h10-15,19,26H,3-9,16-18H2,1-2H3. The van der Waals surface area contributed by atoms with Crippen molar-refractivity contribution in [3.63, 3.8) is 0 Å². The Balaban J connectivity index is 1.62. The number of benzene rings is 2.